The van der Waals surface area contributed by atoms with Crippen LogP contribution in [-0.2, 0) is 6.42 Å². The maximum absolute atomic E-state index is 13.0. The van der Waals surface area contributed by atoms with Gasteiger partial charge in [-0.3, -0.25) is 4.99 Å². The average molecular weight is 471 g/mol. The molecule has 2 aromatic rings. The van der Waals surface area contributed by atoms with E-state index in [1.54, 1.807) is 16.8 Å². The number of nitrogens with one attached hydrogen (secondary N) is 1. The maximum Gasteiger partial charge on any atom is 0.193 e. The number of aliphatic imine (C=N–C) groups is 1. The Morgan fingerprint density at radius 1 is 1.31 bits per heavy atom. The molecule has 2 heterocycles. The zero-order chi connectivity index (χ0) is 17.6. The fourth-order valence-electron chi connectivity index (χ4n) is 3.25. The third kappa shape index (κ3) is 5.43. The number of piperidine rings is 1. The standard InChI is InChI=1S/C19H26FN5.HI/c1-15-4-3-12-24(14-15)19(21-2)22-11-9-17-10-13-25(23-17)18-7-5-16(20)6-8-18;/h5-8,10,13,15H,3-4,9,11-12,14H2,1-2H3,(H,21,22);1H. The van der Waals surface area contributed by atoms with Gasteiger partial charge in [-0.1, -0.05) is 6.92 Å². The molecule has 26 heavy (non-hydrogen) atoms. The molecule has 1 fully saturated rings. The molecule has 7 heteroatoms. The summed E-state index contributed by atoms with van der Waals surface area (Å²) in [6, 6.07) is 8.34. The number of halogens is 2. The van der Waals surface area contributed by atoms with Crippen molar-refractivity contribution in [1.29, 1.82) is 0 Å². The van der Waals surface area contributed by atoms with Crippen molar-refractivity contribution in [2.75, 3.05) is 26.7 Å². The van der Waals surface area contributed by atoms with Gasteiger partial charge in [-0.15, -0.1) is 24.0 Å². The highest BCUT2D eigenvalue weighted by atomic mass is 127. The van der Waals surface area contributed by atoms with Crippen molar-refractivity contribution < 1.29 is 4.39 Å². The Bertz CT molecular complexity index is 713. The summed E-state index contributed by atoms with van der Waals surface area (Å²) in [5.74, 6) is 1.46. The van der Waals surface area contributed by atoms with Crippen LogP contribution in [0.5, 0.6) is 0 Å². The number of nitrogens with zero attached hydrogens (tertiary/aromatic N) is 4. The van der Waals surface area contributed by atoms with Crippen LogP contribution in [0.4, 0.5) is 4.39 Å². The van der Waals surface area contributed by atoms with Gasteiger partial charge in [0, 0.05) is 39.3 Å². The van der Waals surface area contributed by atoms with E-state index in [1.807, 2.05) is 19.3 Å². The number of hydrogen-bond acceptors (Lipinski definition) is 2. The highest BCUT2D eigenvalue weighted by Gasteiger charge is 2.18. The van der Waals surface area contributed by atoms with Crippen molar-refractivity contribution >= 4 is 29.9 Å². The van der Waals surface area contributed by atoms with Gasteiger partial charge >= 0.3 is 0 Å². The van der Waals surface area contributed by atoms with Crippen molar-refractivity contribution in [3.05, 3.63) is 48.0 Å². The van der Waals surface area contributed by atoms with Gasteiger partial charge in [-0.25, -0.2) is 9.07 Å². The van der Waals surface area contributed by atoms with Crippen LogP contribution in [-0.4, -0.2) is 47.3 Å². The van der Waals surface area contributed by atoms with Gasteiger partial charge in [0.1, 0.15) is 5.82 Å². The van der Waals surface area contributed by atoms with E-state index in [2.05, 4.69) is 27.2 Å². The predicted octanol–water partition coefficient (Wildman–Crippen LogP) is 3.48. The van der Waals surface area contributed by atoms with Gasteiger partial charge in [-0.2, -0.15) is 5.10 Å². The molecule has 0 saturated carbocycles. The summed E-state index contributed by atoms with van der Waals surface area (Å²) in [4.78, 5) is 6.75. The molecule has 0 amide bonds. The molecule has 142 valence electrons. The second-order valence-corrected chi connectivity index (χ2v) is 6.65. The Kier molecular flexibility index (Phi) is 7.86. The minimum absolute atomic E-state index is 0. The van der Waals surface area contributed by atoms with E-state index in [4.69, 9.17) is 0 Å². The number of benzene rings is 1. The van der Waals surface area contributed by atoms with E-state index in [-0.39, 0.29) is 29.8 Å². The van der Waals surface area contributed by atoms with Crippen molar-refractivity contribution in [3.8, 4) is 5.69 Å². The molecule has 0 spiro atoms. The molecule has 1 atom stereocenters. The van der Waals surface area contributed by atoms with Crippen LogP contribution in [0.25, 0.3) is 5.69 Å². The van der Waals surface area contributed by atoms with Gasteiger partial charge in [0.05, 0.1) is 11.4 Å². The molecule has 1 aliphatic rings. The average Bonchev–Trinajstić information content (AvgIpc) is 3.08. The largest absolute Gasteiger partial charge is 0.356 e. The molecule has 3 rings (SSSR count). The first-order valence-electron chi connectivity index (χ1n) is 8.92. The van der Waals surface area contributed by atoms with Gasteiger partial charge in [0.15, 0.2) is 5.96 Å². The molecule has 1 unspecified atom stereocenters. The lowest BCUT2D eigenvalue weighted by molar-refractivity contribution is 0.266. The van der Waals surface area contributed by atoms with E-state index in [1.165, 1.54) is 25.0 Å². The minimum Gasteiger partial charge on any atom is -0.356 e. The first-order valence-corrected chi connectivity index (χ1v) is 8.92. The van der Waals surface area contributed by atoms with Gasteiger partial charge in [0.2, 0.25) is 0 Å². The summed E-state index contributed by atoms with van der Waals surface area (Å²) in [6.07, 6.45) is 5.25. The van der Waals surface area contributed by atoms with Crippen LogP contribution >= 0.6 is 24.0 Å². The molecule has 0 aliphatic carbocycles. The summed E-state index contributed by atoms with van der Waals surface area (Å²) in [5, 5.41) is 8.00. The number of aromatic nitrogens is 2. The quantitative estimate of drug-likeness (QED) is 0.422. The van der Waals surface area contributed by atoms with E-state index in [0.717, 1.165) is 49.3 Å². The molecule has 1 N–H and O–H groups in total. The number of hydrogen-bond donors (Lipinski definition) is 1. The number of likely N-dealkylation sites (tertiary alicyclic amines) is 1. The first kappa shape index (κ1) is 20.7. The zero-order valence-corrected chi connectivity index (χ0v) is 17.7. The van der Waals surface area contributed by atoms with Crippen LogP contribution in [0.1, 0.15) is 25.5 Å². The van der Waals surface area contributed by atoms with E-state index < -0.39 is 0 Å². The summed E-state index contributed by atoms with van der Waals surface area (Å²) < 4.78 is 14.8. The molecule has 5 nitrogen and oxygen atoms in total. The number of guanidine groups is 1. The highest BCUT2D eigenvalue weighted by Crippen LogP contribution is 2.15. The second-order valence-electron chi connectivity index (χ2n) is 6.65. The van der Waals surface area contributed by atoms with Gasteiger partial charge < -0.3 is 10.2 Å². The second kappa shape index (κ2) is 9.89. The van der Waals surface area contributed by atoms with E-state index in [9.17, 15) is 4.39 Å². The minimum atomic E-state index is -0.237. The van der Waals surface area contributed by atoms with Crippen molar-refractivity contribution in [1.82, 2.24) is 20.0 Å². The van der Waals surface area contributed by atoms with Crippen LogP contribution in [0.2, 0.25) is 0 Å². The Balaban J connectivity index is 0.00000243. The normalized spacial score (nSPS) is 17.7. The molecule has 1 saturated heterocycles. The summed E-state index contributed by atoms with van der Waals surface area (Å²) in [5.41, 5.74) is 1.86. The van der Waals surface area contributed by atoms with Crippen molar-refractivity contribution in [2.24, 2.45) is 10.9 Å². The Morgan fingerprint density at radius 2 is 2.08 bits per heavy atom. The molecular weight excluding hydrogens is 444 g/mol. The molecule has 1 aliphatic heterocycles. The highest BCUT2D eigenvalue weighted by molar-refractivity contribution is 14.0. The monoisotopic (exact) mass is 471 g/mol. The zero-order valence-electron chi connectivity index (χ0n) is 15.4. The Hall–Kier alpha value is -1.64. The van der Waals surface area contributed by atoms with Crippen LogP contribution < -0.4 is 5.32 Å². The number of rotatable bonds is 4. The lowest BCUT2D eigenvalue weighted by Gasteiger charge is -2.33. The SMILES string of the molecule is CN=C(NCCc1ccn(-c2ccc(F)cc2)n1)N1CCCC(C)C1.I. The van der Waals surface area contributed by atoms with Crippen LogP contribution in [0, 0.1) is 11.7 Å². The molecular formula is C19H27FIN5. The molecule has 1 aromatic carbocycles. The fraction of sp³-hybridized carbons (Fsp3) is 0.474. The molecule has 0 bridgehead atoms. The van der Waals surface area contributed by atoms with Crippen molar-refractivity contribution in [3.63, 3.8) is 0 Å². The summed E-state index contributed by atoms with van der Waals surface area (Å²) in [7, 11) is 1.84. The van der Waals surface area contributed by atoms with Crippen LogP contribution in [0.3, 0.4) is 0 Å². The fourth-order valence-corrected chi connectivity index (χ4v) is 3.25. The lowest BCUT2D eigenvalue weighted by Crippen LogP contribution is -2.46. The Labute approximate surface area is 171 Å². The summed E-state index contributed by atoms with van der Waals surface area (Å²) in [6.45, 7) is 5.22. The van der Waals surface area contributed by atoms with E-state index >= 15 is 0 Å². The van der Waals surface area contributed by atoms with Gasteiger partial charge in [-0.05, 0) is 49.1 Å². The molecule has 1 aromatic heterocycles. The third-order valence-corrected chi connectivity index (χ3v) is 4.57. The molecule has 0 radical (unpaired) electrons. The first-order chi connectivity index (χ1) is 12.2. The Morgan fingerprint density at radius 3 is 2.77 bits per heavy atom. The van der Waals surface area contributed by atoms with Crippen LogP contribution in [0.15, 0.2) is 41.5 Å². The maximum atomic E-state index is 13.0. The smallest absolute Gasteiger partial charge is 0.193 e. The lowest BCUT2D eigenvalue weighted by atomic mass is 10.0. The predicted molar refractivity (Wildman–Crippen MR) is 114 cm³/mol. The topological polar surface area (TPSA) is 45.5 Å². The van der Waals surface area contributed by atoms with Crippen molar-refractivity contribution in [2.45, 2.75) is 26.2 Å². The third-order valence-electron chi connectivity index (χ3n) is 4.57. The van der Waals surface area contributed by atoms with Gasteiger partial charge in [0.25, 0.3) is 0 Å². The summed E-state index contributed by atoms with van der Waals surface area (Å²) >= 11 is 0. The van der Waals surface area contributed by atoms with E-state index in [0.29, 0.717) is 0 Å².